The second-order valence-electron chi connectivity index (χ2n) is 3.28. The highest BCUT2D eigenvalue weighted by Crippen LogP contribution is 2.16. The van der Waals surface area contributed by atoms with Crippen molar-refractivity contribution in [2.24, 2.45) is 0 Å². The van der Waals surface area contributed by atoms with E-state index in [0.717, 1.165) is 16.9 Å². The van der Waals surface area contributed by atoms with E-state index in [-0.39, 0.29) is 0 Å². The fourth-order valence-corrected chi connectivity index (χ4v) is 1.66. The van der Waals surface area contributed by atoms with Crippen LogP contribution >= 0.6 is 0 Å². The van der Waals surface area contributed by atoms with Crippen molar-refractivity contribution in [3.05, 3.63) is 55.0 Å². The van der Waals surface area contributed by atoms with E-state index in [1.807, 2.05) is 47.2 Å². The molecule has 0 aliphatic carbocycles. The highest BCUT2D eigenvalue weighted by atomic mass is 15.1. The van der Waals surface area contributed by atoms with Crippen molar-refractivity contribution in [1.29, 1.82) is 0 Å². The Kier molecular flexibility index (Phi) is 1.75. The Morgan fingerprint density at radius 2 is 1.80 bits per heavy atom. The minimum atomic E-state index is 0.917. The molecule has 0 radical (unpaired) electrons. The Morgan fingerprint density at radius 1 is 0.867 bits per heavy atom. The number of nitrogens with zero attached hydrogens (tertiary/aromatic N) is 3. The molecule has 15 heavy (non-hydrogen) atoms. The number of hydrogen-bond acceptors (Lipinski definition) is 2. The fourth-order valence-electron chi connectivity index (χ4n) is 1.66. The smallest absolute Gasteiger partial charge is 0.137 e. The largest absolute Gasteiger partial charge is 0.300 e. The van der Waals surface area contributed by atoms with Gasteiger partial charge in [-0.25, -0.2) is 4.98 Å². The van der Waals surface area contributed by atoms with Crippen LogP contribution in [0.4, 0.5) is 0 Å². The third-order valence-electron chi connectivity index (χ3n) is 2.35. The van der Waals surface area contributed by atoms with Gasteiger partial charge in [0.2, 0.25) is 0 Å². The van der Waals surface area contributed by atoms with E-state index in [2.05, 4.69) is 9.97 Å². The van der Waals surface area contributed by atoms with Crippen LogP contribution in [0.5, 0.6) is 0 Å². The molecule has 72 valence electrons. The molecule has 0 fully saturated rings. The Labute approximate surface area is 87.0 Å². The van der Waals surface area contributed by atoms with Crippen LogP contribution in [0, 0.1) is 0 Å². The van der Waals surface area contributed by atoms with E-state index >= 15 is 0 Å². The first kappa shape index (κ1) is 8.17. The number of hydrogen-bond donors (Lipinski definition) is 0. The molecule has 0 saturated carbocycles. The molecule has 0 aliphatic heterocycles. The minimum Gasteiger partial charge on any atom is -0.300 e. The molecule has 3 heteroatoms. The van der Waals surface area contributed by atoms with Crippen LogP contribution in [0.2, 0.25) is 0 Å². The van der Waals surface area contributed by atoms with Crippen molar-refractivity contribution in [1.82, 2.24) is 14.5 Å². The van der Waals surface area contributed by atoms with Gasteiger partial charge in [0.15, 0.2) is 0 Å². The molecule has 0 N–H and O–H groups in total. The van der Waals surface area contributed by atoms with Gasteiger partial charge in [0, 0.05) is 18.6 Å². The van der Waals surface area contributed by atoms with Gasteiger partial charge in [0.05, 0.1) is 11.0 Å². The van der Waals surface area contributed by atoms with Gasteiger partial charge in [-0.3, -0.25) is 9.55 Å². The fraction of sp³-hybridized carbons (Fsp3) is 0. The average Bonchev–Trinajstić information content (AvgIpc) is 2.74. The maximum Gasteiger partial charge on any atom is 0.137 e. The van der Waals surface area contributed by atoms with E-state index in [9.17, 15) is 0 Å². The predicted octanol–water partition coefficient (Wildman–Crippen LogP) is 2.42. The van der Waals surface area contributed by atoms with Crippen LogP contribution in [-0.4, -0.2) is 14.5 Å². The van der Waals surface area contributed by atoms with Crippen LogP contribution in [0.15, 0.2) is 55.0 Å². The number of pyridine rings is 2. The molecule has 0 saturated heterocycles. The standard InChI is InChI=1S/C12H9N3/c1-2-7-14-12(5-1)15-9-6-10-11(15)4-3-8-13-10/h1-9H. The van der Waals surface area contributed by atoms with Crippen LogP contribution < -0.4 is 0 Å². The SMILES string of the molecule is c1ccc(-n2ccc3ncccc32)nc1. The van der Waals surface area contributed by atoms with E-state index in [1.54, 1.807) is 12.4 Å². The van der Waals surface area contributed by atoms with Crippen molar-refractivity contribution in [3.8, 4) is 5.82 Å². The molecule has 0 spiro atoms. The van der Waals surface area contributed by atoms with Crippen molar-refractivity contribution in [2.75, 3.05) is 0 Å². The van der Waals surface area contributed by atoms with Crippen molar-refractivity contribution >= 4 is 11.0 Å². The maximum absolute atomic E-state index is 4.31. The zero-order valence-electron chi connectivity index (χ0n) is 8.04. The molecule has 3 aromatic rings. The third kappa shape index (κ3) is 1.29. The Hall–Kier alpha value is -2.16. The van der Waals surface area contributed by atoms with E-state index < -0.39 is 0 Å². The van der Waals surface area contributed by atoms with Gasteiger partial charge in [0.1, 0.15) is 5.82 Å². The summed E-state index contributed by atoms with van der Waals surface area (Å²) in [7, 11) is 0. The number of fused-ring (bicyclic) bond motifs is 1. The quantitative estimate of drug-likeness (QED) is 0.597. The van der Waals surface area contributed by atoms with Crippen molar-refractivity contribution in [2.45, 2.75) is 0 Å². The highest BCUT2D eigenvalue weighted by molar-refractivity contribution is 5.77. The summed E-state index contributed by atoms with van der Waals surface area (Å²) in [5, 5.41) is 0. The zero-order valence-corrected chi connectivity index (χ0v) is 8.04. The summed E-state index contributed by atoms with van der Waals surface area (Å²) in [4.78, 5) is 8.59. The first-order chi connectivity index (χ1) is 7.45. The summed E-state index contributed by atoms with van der Waals surface area (Å²) >= 11 is 0. The second-order valence-corrected chi connectivity index (χ2v) is 3.28. The van der Waals surface area contributed by atoms with Crippen LogP contribution in [0.1, 0.15) is 0 Å². The van der Waals surface area contributed by atoms with Gasteiger partial charge in [-0.05, 0) is 30.3 Å². The van der Waals surface area contributed by atoms with Gasteiger partial charge >= 0.3 is 0 Å². The Bertz CT molecular complexity index is 584. The topological polar surface area (TPSA) is 30.7 Å². The third-order valence-corrected chi connectivity index (χ3v) is 2.35. The predicted molar refractivity (Wildman–Crippen MR) is 58.9 cm³/mol. The molecular weight excluding hydrogens is 186 g/mol. The molecule has 3 heterocycles. The molecule has 0 amide bonds. The van der Waals surface area contributed by atoms with E-state index in [4.69, 9.17) is 0 Å². The van der Waals surface area contributed by atoms with Gasteiger partial charge in [-0.15, -0.1) is 0 Å². The maximum atomic E-state index is 4.31. The summed E-state index contributed by atoms with van der Waals surface area (Å²) in [5.41, 5.74) is 2.07. The minimum absolute atomic E-state index is 0.917. The van der Waals surface area contributed by atoms with Gasteiger partial charge in [0.25, 0.3) is 0 Å². The lowest BCUT2D eigenvalue weighted by molar-refractivity contribution is 1.04. The lowest BCUT2D eigenvalue weighted by Crippen LogP contribution is -1.94. The molecule has 0 aromatic carbocycles. The molecule has 0 atom stereocenters. The molecule has 3 aromatic heterocycles. The van der Waals surface area contributed by atoms with Crippen LogP contribution in [-0.2, 0) is 0 Å². The average molecular weight is 195 g/mol. The number of aromatic nitrogens is 3. The molecule has 3 nitrogen and oxygen atoms in total. The summed E-state index contributed by atoms with van der Waals surface area (Å²) in [6, 6.07) is 11.8. The summed E-state index contributed by atoms with van der Waals surface area (Å²) in [5.74, 6) is 0.917. The lowest BCUT2D eigenvalue weighted by Gasteiger charge is -2.02. The zero-order chi connectivity index (χ0) is 10.1. The van der Waals surface area contributed by atoms with E-state index in [0.29, 0.717) is 0 Å². The summed E-state index contributed by atoms with van der Waals surface area (Å²) in [6.45, 7) is 0. The number of rotatable bonds is 1. The normalized spacial score (nSPS) is 10.7. The van der Waals surface area contributed by atoms with E-state index in [1.165, 1.54) is 0 Å². The molecule has 0 aliphatic rings. The van der Waals surface area contributed by atoms with Crippen LogP contribution in [0.3, 0.4) is 0 Å². The Balaban J connectivity index is 2.28. The lowest BCUT2D eigenvalue weighted by atomic mass is 10.4. The van der Waals surface area contributed by atoms with Gasteiger partial charge in [-0.2, -0.15) is 0 Å². The van der Waals surface area contributed by atoms with Crippen LogP contribution in [0.25, 0.3) is 16.9 Å². The first-order valence-electron chi connectivity index (χ1n) is 4.79. The molecule has 0 bridgehead atoms. The molecular formula is C12H9N3. The highest BCUT2D eigenvalue weighted by Gasteiger charge is 2.02. The second kappa shape index (κ2) is 3.20. The summed E-state index contributed by atoms with van der Waals surface area (Å²) in [6.07, 6.45) is 5.57. The van der Waals surface area contributed by atoms with Crippen molar-refractivity contribution in [3.63, 3.8) is 0 Å². The first-order valence-corrected chi connectivity index (χ1v) is 4.79. The summed E-state index contributed by atoms with van der Waals surface area (Å²) < 4.78 is 2.03. The van der Waals surface area contributed by atoms with Crippen molar-refractivity contribution < 1.29 is 0 Å². The monoisotopic (exact) mass is 195 g/mol. The molecule has 0 unspecified atom stereocenters. The Morgan fingerprint density at radius 3 is 2.67 bits per heavy atom. The molecule has 3 rings (SSSR count). The van der Waals surface area contributed by atoms with Gasteiger partial charge in [-0.1, -0.05) is 6.07 Å². The van der Waals surface area contributed by atoms with Gasteiger partial charge < -0.3 is 0 Å².